The van der Waals surface area contributed by atoms with E-state index < -0.39 is 17.7 Å². The largest absolute Gasteiger partial charge is 0.422 e. The third-order valence-corrected chi connectivity index (χ3v) is 3.54. The highest BCUT2D eigenvalue weighted by atomic mass is 19.4. The number of halogens is 3. The number of fused-ring (bicyclic) bond motifs is 1. The van der Waals surface area contributed by atoms with E-state index in [-0.39, 0.29) is 16.7 Å². The Morgan fingerprint density at radius 1 is 1.04 bits per heavy atom. The molecule has 0 aliphatic heterocycles. The molecule has 0 aliphatic carbocycles. The molecule has 0 N–H and O–H groups in total. The van der Waals surface area contributed by atoms with Gasteiger partial charge in [0.25, 0.3) is 0 Å². The fourth-order valence-electron chi connectivity index (χ4n) is 2.39. The van der Waals surface area contributed by atoms with Crippen LogP contribution in [0.5, 0.6) is 5.75 Å². The highest BCUT2D eigenvalue weighted by molar-refractivity contribution is 5.95. The van der Waals surface area contributed by atoms with Crippen LogP contribution in [0.15, 0.2) is 54.7 Å². The summed E-state index contributed by atoms with van der Waals surface area (Å²) < 4.78 is 44.8. The first-order valence-corrected chi connectivity index (χ1v) is 7.10. The molecule has 24 heavy (non-hydrogen) atoms. The molecule has 0 atom stereocenters. The van der Waals surface area contributed by atoms with E-state index in [2.05, 4.69) is 4.98 Å². The van der Waals surface area contributed by atoms with E-state index in [4.69, 9.17) is 4.74 Å². The minimum absolute atomic E-state index is 0.0833. The van der Waals surface area contributed by atoms with Gasteiger partial charge in [0.05, 0.1) is 16.6 Å². The average Bonchev–Trinajstić information content (AvgIpc) is 2.56. The quantitative estimate of drug-likeness (QED) is 0.634. The molecule has 0 saturated carbocycles. The van der Waals surface area contributed by atoms with Crippen LogP contribution < -0.4 is 4.74 Å². The van der Waals surface area contributed by atoms with Crippen LogP contribution in [0.2, 0.25) is 0 Å². The van der Waals surface area contributed by atoms with Crippen molar-refractivity contribution in [3.63, 3.8) is 0 Å². The molecule has 0 spiro atoms. The summed E-state index contributed by atoms with van der Waals surface area (Å²) in [7, 11) is 0. The molecule has 0 unspecified atom stereocenters. The predicted molar refractivity (Wildman–Crippen MR) is 82.9 cm³/mol. The predicted octanol–water partition coefficient (Wildman–Crippen LogP) is 4.78. The van der Waals surface area contributed by atoms with Crippen LogP contribution in [0.3, 0.4) is 0 Å². The van der Waals surface area contributed by atoms with E-state index in [0.717, 1.165) is 6.07 Å². The lowest BCUT2D eigenvalue weighted by molar-refractivity contribution is -0.136. The zero-order valence-corrected chi connectivity index (χ0v) is 12.6. The molecule has 0 fully saturated rings. The van der Waals surface area contributed by atoms with E-state index in [1.54, 1.807) is 37.3 Å². The molecule has 3 nitrogen and oxygen atoms in total. The third kappa shape index (κ3) is 2.95. The van der Waals surface area contributed by atoms with Crippen LogP contribution in [0, 0.1) is 6.92 Å². The lowest BCUT2D eigenvalue weighted by Gasteiger charge is -2.14. The fourth-order valence-corrected chi connectivity index (χ4v) is 2.39. The zero-order valence-electron chi connectivity index (χ0n) is 12.6. The SMILES string of the molecule is Cc1cnc2c(C(F)(F)F)cccc2c1OC(=O)c1ccccc1. The second kappa shape index (κ2) is 5.96. The van der Waals surface area contributed by atoms with Gasteiger partial charge in [-0.15, -0.1) is 0 Å². The van der Waals surface area contributed by atoms with E-state index in [0.29, 0.717) is 11.1 Å². The molecule has 0 saturated heterocycles. The smallest absolute Gasteiger partial charge is 0.418 e. The van der Waals surface area contributed by atoms with Gasteiger partial charge < -0.3 is 4.74 Å². The molecule has 2 aromatic carbocycles. The molecule has 0 amide bonds. The first-order chi connectivity index (χ1) is 11.4. The number of aromatic nitrogens is 1. The number of carbonyl (C=O) groups is 1. The second-order valence-corrected chi connectivity index (χ2v) is 5.23. The number of carbonyl (C=O) groups excluding carboxylic acids is 1. The molecular formula is C18H12F3NO2. The molecule has 3 aromatic rings. The Labute approximate surface area is 135 Å². The summed E-state index contributed by atoms with van der Waals surface area (Å²) in [6.07, 6.45) is -3.27. The molecule has 1 aromatic heterocycles. The normalized spacial score (nSPS) is 11.5. The number of hydrogen-bond donors (Lipinski definition) is 0. The molecular weight excluding hydrogens is 319 g/mol. The highest BCUT2D eigenvalue weighted by Gasteiger charge is 2.33. The highest BCUT2D eigenvalue weighted by Crippen LogP contribution is 2.37. The Balaban J connectivity index is 2.11. The van der Waals surface area contributed by atoms with Crippen molar-refractivity contribution in [2.24, 2.45) is 0 Å². The van der Waals surface area contributed by atoms with Crippen LogP contribution in [0.25, 0.3) is 10.9 Å². The van der Waals surface area contributed by atoms with Gasteiger partial charge in [-0.25, -0.2) is 4.79 Å². The number of ether oxygens (including phenoxy) is 1. The van der Waals surface area contributed by atoms with Gasteiger partial charge >= 0.3 is 12.1 Å². The number of rotatable bonds is 2. The van der Waals surface area contributed by atoms with Crippen molar-refractivity contribution >= 4 is 16.9 Å². The lowest BCUT2D eigenvalue weighted by Crippen LogP contribution is -2.11. The van der Waals surface area contributed by atoms with Crippen molar-refractivity contribution in [2.75, 3.05) is 0 Å². The molecule has 6 heteroatoms. The number of aryl methyl sites for hydroxylation is 1. The van der Waals surface area contributed by atoms with Crippen molar-refractivity contribution in [2.45, 2.75) is 13.1 Å². The van der Waals surface area contributed by atoms with Crippen molar-refractivity contribution < 1.29 is 22.7 Å². The Morgan fingerprint density at radius 2 is 1.75 bits per heavy atom. The van der Waals surface area contributed by atoms with Crippen molar-refractivity contribution in [1.29, 1.82) is 0 Å². The standard InChI is InChI=1S/C18H12F3NO2/c1-11-10-22-15-13(8-5-9-14(15)18(19,20)21)16(11)24-17(23)12-6-3-2-4-7-12/h2-10H,1H3. The Bertz CT molecular complexity index is 905. The van der Waals surface area contributed by atoms with Crippen molar-refractivity contribution in [3.05, 3.63) is 71.4 Å². The summed E-state index contributed by atoms with van der Waals surface area (Å²) in [5, 5.41) is 0.147. The van der Waals surface area contributed by atoms with Gasteiger partial charge in [-0.1, -0.05) is 24.3 Å². The molecule has 122 valence electrons. The van der Waals surface area contributed by atoms with Crippen LogP contribution in [0.1, 0.15) is 21.5 Å². The van der Waals surface area contributed by atoms with Gasteiger partial charge in [0, 0.05) is 17.1 Å². The summed E-state index contributed by atoms with van der Waals surface area (Å²) in [4.78, 5) is 16.1. The minimum atomic E-state index is -4.54. The van der Waals surface area contributed by atoms with E-state index >= 15 is 0 Å². The lowest BCUT2D eigenvalue weighted by atomic mass is 10.1. The Morgan fingerprint density at radius 3 is 2.42 bits per heavy atom. The number of hydrogen-bond acceptors (Lipinski definition) is 3. The number of pyridine rings is 1. The zero-order chi connectivity index (χ0) is 17.3. The molecule has 1 heterocycles. The Hall–Kier alpha value is -2.89. The number of benzene rings is 2. The average molecular weight is 331 g/mol. The summed E-state index contributed by atoms with van der Waals surface area (Å²) in [5.74, 6) is -0.552. The van der Waals surface area contributed by atoms with E-state index in [1.165, 1.54) is 18.3 Å². The maximum absolute atomic E-state index is 13.1. The molecule has 0 aliphatic rings. The van der Waals surface area contributed by atoms with Gasteiger partial charge in [-0.05, 0) is 31.2 Å². The number of alkyl halides is 3. The Kier molecular flexibility index (Phi) is 3.97. The first kappa shape index (κ1) is 16.0. The van der Waals surface area contributed by atoms with E-state index in [1.807, 2.05) is 0 Å². The maximum Gasteiger partial charge on any atom is 0.418 e. The summed E-state index contributed by atoms with van der Waals surface area (Å²) in [6.45, 7) is 1.63. The topological polar surface area (TPSA) is 39.2 Å². The molecule has 3 rings (SSSR count). The van der Waals surface area contributed by atoms with Gasteiger partial charge in [0.15, 0.2) is 0 Å². The first-order valence-electron chi connectivity index (χ1n) is 7.10. The molecule has 0 radical (unpaired) electrons. The molecule has 0 bridgehead atoms. The van der Waals surface area contributed by atoms with Crippen molar-refractivity contribution in [3.8, 4) is 5.75 Å². The second-order valence-electron chi connectivity index (χ2n) is 5.23. The monoisotopic (exact) mass is 331 g/mol. The van der Waals surface area contributed by atoms with Gasteiger partial charge in [-0.3, -0.25) is 4.98 Å². The summed E-state index contributed by atoms with van der Waals surface area (Å²) in [5.41, 5.74) is -0.316. The maximum atomic E-state index is 13.1. The van der Waals surface area contributed by atoms with Crippen LogP contribution in [-0.2, 0) is 6.18 Å². The van der Waals surface area contributed by atoms with E-state index in [9.17, 15) is 18.0 Å². The van der Waals surface area contributed by atoms with Crippen LogP contribution in [-0.4, -0.2) is 11.0 Å². The minimum Gasteiger partial charge on any atom is -0.422 e. The number of para-hydroxylation sites is 1. The third-order valence-electron chi connectivity index (χ3n) is 3.54. The summed E-state index contributed by atoms with van der Waals surface area (Å²) in [6, 6.07) is 11.9. The van der Waals surface area contributed by atoms with Crippen LogP contribution >= 0.6 is 0 Å². The van der Waals surface area contributed by atoms with Crippen molar-refractivity contribution in [1.82, 2.24) is 4.98 Å². The van der Waals surface area contributed by atoms with Crippen LogP contribution in [0.4, 0.5) is 13.2 Å². The van der Waals surface area contributed by atoms with Gasteiger partial charge in [0.2, 0.25) is 0 Å². The number of esters is 1. The van der Waals surface area contributed by atoms with Gasteiger partial charge in [0.1, 0.15) is 5.75 Å². The fraction of sp³-hybridized carbons (Fsp3) is 0.111. The summed E-state index contributed by atoms with van der Waals surface area (Å²) >= 11 is 0. The number of nitrogens with zero attached hydrogens (tertiary/aromatic N) is 1. The van der Waals surface area contributed by atoms with Gasteiger partial charge in [-0.2, -0.15) is 13.2 Å².